The summed E-state index contributed by atoms with van der Waals surface area (Å²) >= 11 is 0. The lowest BCUT2D eigenvalue weighted by atomic mass is 9.72. The highest BCUT2D eigenvalue weighted by Crippen LogP contribution is 2.66. The van der Waals surface area contributed by atoms with E-state index in [1.165, 1.54) is 65.7 Å². The summed E-state index contributed by atoms with van der Waals surface area (Å²) in [5, 5.41) is 204. The minimum absolute atomic E-state index is 0.0399. The highest BCUT2D eigenvalue weighted by Gasteiger charge is 2.64. The fourth-order valence-electron chi connectivity index (χ4n) is 12.8. The van der Waals surface area contributed by atoms with Gasteiger partial charge in [-0.3, -0.25) is 0 Å². The Morgan fingerprint density at radius 3 is 1.71 bits per heavy atom. The molecule has 496 valence electrons. The van der Waals surface area contributed by atoms with Crippen LogP contribution in [-0.4, -0.2) is 207 Å². The molecule has 7 aromatic rings. The van der Waals surface area contributed by atoms with Gasteiger partial charge < -0.3 is 144 Å². The van der Waals surface area contributed by atoms with Crippen LogP contribution in [0.2, 0.25) is 0 Å². The molecule has 0 aliphatic carbocycles. The molecule has 16 atom stereocenters. The molecule has 5 aliphatic heterocycles. The summed E-state index contributed by atoms with van der Waals surface area (Å²) in [5.74, 6) is -14.6. The first-order chi connectivity index (χ1) is 44.3. The van der Waals surface area contributed by atoms with Crippen LogP contribution in [0.25, 0.3) is 22.3 Å². The van der Waals surface area contributed by atoms with E-state index in [0.717, 1.165) is 36.4 Å². The Morgan fingerprint density at radius 2 is 1.12 bits per heavy atom. The van der Waals surface area contributed by atoms with Crippen molar-refractivity contribution in [3.05, 3.63) is 106 Å². The predicted octanol–water partition coefficient (Wildman–Crippen LogP) is 2.09. The zero-order valence-electron chi connectivity index (χ0n) is 49.6. The van der Waals surface area contributed by atoms with E-state index in [1.54, 1.807) is 0 Å². The second kappa shape index (κ2) is 24.1. The summed E-state index contributed by atoms with van der Waals surface area (Å²) in [7, 11) is 4.83. The minimum atomic E-state index is -2.74. The number of hydrogen-bond donors (Lipinski definition) is 18. The third-order valence-electron chi connectivity index (χ3n) is 17.6. The monoisotopic (exact) mass is 1300 g/mol. The normalized spacial score (nSPS) is 28.1. The number of aliphatic hydroxyl groups excluding tert-OH is 9. The number of benzene rings is 6. The van der Waals surface area contributed by atoms with Crippen molar-refractivity contribution in [2.24, 2.45) is 0 Å². The molecule has 1 aromatic heterocycles. The first kappa shape index (κ1) is 64.0. The van der Waals surface area contributed by atoms with Crippen molar-refractivity contribution in [3.63, 3.8) is 0 Å². The summed E-state index contributed by atoms with van der Waals surface area (Å²) in [5.41, 5.74) is -1.76. The van der Waals surface area contributed by atoms with Crippen LogP contribution in [0.3, 0.4) is 0 Å². The highest BCUT2D eigenvalue weighted by molar-refractivity contribution is 5.92. The summed E-state index contributed by atoms with van der Waals surface area (Å²) in [4.78, 5) is 0. The molecular formula is C63H65O30+. The van der Waals surface area contributed by atoms with Gasteiger partial charge in [0.25, 0.3) is 0 Å². The second-order valence-corrected chi connectivity index (χ2v) is 22.9. The van der Waals surface area contributed by atoms with E-state index >= 15 is 0 Å². The van der Waals surface area contributed by atoms with Gasteiger partial charge in [0.15, 0.2) is 46.9 Å². The van der Waals surface area contributed by atoms with Crippen molar-refractivity contribution in [2.75, 3.05) is 41.7 Å². The second-order valence-electron chi connectivity index (χ2n) is 22.9. The van der Waals surface area contributed by atoms with Crippen LogP contribution in [-0.2, 0) is 26.4 Å². The van der Waals surface area contributed by atoms with Crippen LogP contribution in [0.5, 0.6) is 97.7 Å². The molecule has 93 heavy (non-hydrogen) atoms. The quantitative estimate of drug-likeness (QED) is 0.0516. The van der Waals surface area contributed by atoms with Gasteiger partial charge in [-0.15, -0.1) is 0 Å². The average molecular weight is 1300 g/mol. The van der Waals surface area contributed by atoms with E-state index in [1.807, 2.05) is 0 Å². The number of fused-ring (bicyclic) bond motifs is 9. The zero-order valence-corrected chi connectivity index (χ0v) is 49.6. The van der Waals surface area contributed by atoms with Crippen molar-refractivity contribution in [2.45, 2.75) is 111 Å². The average Bonchev–Trinajstić information content (AvgIpc) is 0.684. The maximum absolute atomic E-state index is 12.7. The lowest BCUT2D eigenvalue weighted by Crippen LogP contribution is -2.64. The summed E-state index contributed by atoms with van der Waals surface area (Å²) < 4.78 is 74.4. The van der Waals surface area contributed by atoms with Crippen LogP contribution in [0, 0.1) is 0 Å². The van der Waals surface area contributed by atoms with Gasteiger partial charge in [0.2, 0.25) is 23.5 Å². The molecular weight excluding hydrogens is 1240 g/mol. The van der Waals surface area contributed by atoms with E-state index in [-0.39, 0.29) is 90.2 Å². The first-order valence-corrected chi connectivity index (χ1v) is 28.7. The Morgan fingerprint density at radius 1 is 0.548 bits per heavy atom. The molecule has 5 aliphatic rings. The molecule has 6 aromatic carbocycles. The molecule has 0 amide bonds. The summed E-state index contributed by atoms with van der Waals surface area (Å²) in [6, 6.07) is 12.6. The molecule has 0 radical (unpaired) electrons. The molecule has 2 saturated heterocycles. The molecule has 2 bridgehead atoms. The number of phenols is 9. The van der Waals surface area contributed by atoms with Crippen LogP contribution in [0.4, 0.5) is 0 Å². The van der Waals surface area contributed by atoms with Gasteiger partial charge in [0.1, 0.15) is 112 Å². The van der Waals surface area contributed by atoms with Crippen LogP contribution in [0.1, 0.15) is 63.8 Å². The van der Waals surface area contributed by atoms with Gasteiger partial charge in [0.05, 0.1) is 59.2 Å². The number of rotatable bonds is 15. The number of phenolic OH excluding ortho intramolecular Hbond substituents is 9. The number of aromatic hydroxyl groups is 9. The molecule has 0 saturated carbocycles. The van der Waals surface area contributed by atoms with Gasteiger partial charge in [-0.1, -0.05) is 13.0 Å². The van der Waals surface area contributed by atoms with Crippen LogP contribution >= 0.6 is 0 Å². The van der Waals surface area contributed by atoms with Gasteiger partial charge >= 0.3 is 17.1 Å². The van der Waals surface area contributed by atoms with Crippen molar-refractivity contribution < 1.29 is 148 Å². The summed E-state index contributed by atoms with van der Waals surface area (Å²) in [6.45, 7) is -0.375. The number of ether oxygens (including phenoxy) is 11. The van der Waals surface area contributed by atoms with Gasteiger partial charge in [-0.2, -0.15) is 0 Å². The van der Waals surface area contributed by atoms with E-state index in [4.69, 9.17) is 56.5 Å². The maximum Gasteiger partial charge on any atom is 0.402 e. The predicted molar refractivity (Wildman–Crippen MR) is 311 cm³/mol. The van der Waals surface area contributed by atoms with Crippen molar-refractivity contribution in [1.82, 2.24) is 0 Å². The smallest absolute Gasteiger partial charge is 0.402 e. The highest BCUT2D eigenvalue weighted by atomic mass is 16.8. The molecule has 2 fully saturated rings. The lowest BCUT2D eigenvalue weighted by Gasteiger charge is -2.54. The van der Waals surface area contributed by atoms with Crippen molar-refractivity contribution in [3.8, 4) is 109 Å². The first-order valence-electron chi connectivity index (χ1n) is 28.7. The minimum Gasteiger partial charge on any atom is -0.507 e. The Kier molecular flexibility index (Phi) is 16.6. The van der Waals surface area contributed by atoms with Gasteiger partial charge in [-0.05, 0) is 29.8 Å². The van der Waals surface area contributed by atoms with Crippen LogP contribution in [0.15, 0.2) is 71.1 Å². The topological polar surface area (TPSA) is 477 Å². The third-order valence-corrected chi connectivity index (χ3v) is 17.6. The Hall–Kier alpha value is -9.15. The number of methoxy groups -OCH3 is 4. The largest absolute Gasteiger partial charge is 0.507 e. The summed E-state index contributed by atoms with van der Waals surface area (Å²) in [6.07, 6.45) is -24.3. The third kappa shape index (κ3) is 10.3. The molecule has 0 spiro atoms. The Labute approximate surface area is 524 Å². The molecule has 30 nitrogen and oxygen atoms in total. The maximum atomic E-state index is 12.7. The van der Waals surface area contributed by atoms with Gasteiger partial charge in [-0.25, -0.2) is 4.42 Å². The molecule has 30 heteroatoms. The number of aliphatic hydroxyl groups is 9. The van der Waals surface area contributed by atoms with E-state index in [2.05, 4.69) is 0 Å². The lowest BCUT2D eigenvalue weighted by molar-refractivity contribution is -0.345. The molecule has 12 rings (SSSR count). The van der Waals surface area contributed by atoms with E-state index < -0.39 is 186 Å². The molecule has 4 unspecified atom stereocenters. The zero-order chi connectivity index (χ0) is 66.7. The standard InChI is InChI=1S/C63H64O30/c1-20(42-30(70)15-27(67)25-14-39(86-61-53(80)51(78)49(76)40(18-64)87-61)56(90-57(25)42)22-9-35(82-2)47(74)36(10-22)83-3)43-31(71)16-32(72)44-46-45-34(17-28(68)24-13-33(73)55(89-58(24)45)21-6-7-26(66)29(69)8-21)92-63(93-59(43)44,23-11-37(84-4)48(75)38(12-23)85-5)60(46)91-62-54(81)52(79)50(77)41(19-65)88-62/h6-12,14-17,20,33,40-41,46,49-55,60-62,64-65,73,76-81H,13,18-19H2,1-5H3,(H8-,66,67,68,69,70,71,72,74,75)/p+1/t20?,33-,40+,41+,46?,49+,50+,51-,52-,53+,54+,55+,60?,61+,62-,63?/m0/s1. The van der Waals surface area contributed by atoms with Crippen molar-refractivity contribution in [1.29, 1.82) is 0 Å². The number of hydrogen-bond acceptors (Lipinski definition) is 29. The molecule has 18 N–H and O–H groups in total. The fourth-order valence-corrected chi connectivity index (χ4v) is 12.8. The van der Waals surface area contributed by atoms with Crippen LogP contribution < -0.4 is 37.9 Å². The van der Waals surface area contributed by atoms with E-state index in [0.29, 0.717) is 0 Å². The molecule has 6 heterocycles. The SMILES string of the molecule is COc1cc(-c2[o+]c3c(C(C)c4c(O)cc(O)c5c4OC4(c6cc(OC)c(O)c(OC)c6)Oc6cc(O)c7c(c6C5C4O[C@@H]4O[C@H](CO)[C@@H](O)[C@H](O)[C@H]4O)O[C@H](c4ccc(O)c(O)c4)[C@@H](O)C7)c(O)cc(O)c3cc2O[C@@H]2O[C@H](CO)[C@@H](O)[C@H](O)[C@H]2O)cc(OC)c1O. The van der Waals surface area contributed by atoms with Gasteiger partial charge in [0, 0.05) is 76.6 Å². The fraction of sp³-hybridized carbons (Fsp3) is 0.381. The Balaban J connectivity index is 1.14. The van der Waals surface area contributed by atoms with E-state index in [9.17, 15) is 91.9 Å². The van der Waals surface area contributed by atoms with Crippen molar-refractivity contribution >= 4 is 11.0 Å². The Bertz CT molecular complexity index is 4010.